The number of carbonyl (C=O) groups excluding carboxylic acids is 2. The monoisotopic (exact) mass is 911 g/mol. The Bertz CT molecular complexity index is 1390. The molecule has 13 heteroatoms. The molecule has 364 valence electrons. The molecule has 6 atom stereocenters. The van der Waals surface area contributed by atoms with Crippen LogP contribution in [0, 0.1) is 0 Å². The molecule has 0 amide bonds. The smallest absolute Gasteiger partial charge is 0.306 e. The minimum atomic E-state index is -4.61. The average Bonchev–Trinajstić information content (AvgIpc) is 3.25. The normalized spacial score (nSPS) is 20.3. The zero-order valence-electron chi connectivity index (χ0n) is 38.9. The van der Waals surface area contributed by atoms with Gasteiger partial charge in [0.2, 0.25) is 0 Å². The molecule has 0 spiro atoms. The van der Waals surface area contributed by atoms with Crippen LogP contribution in [0.25, 0.3) is 0 Å². The second-order valence-corrected chi connectivity index (χ2v) is 18.3. The third-order valence-electron chi connectivity index (χ3n) is 10.9. The minimum Gasteiger partial charge on any atom is -0.462 e. The lowest BCUT2D eigenvalue weighted by molar-refractivity contribution is -0.297. The molecular weight excluding hydrogens is 825 g/mol. The van der Waals surface area contributed by atoms with Gasteiger partial charge < -0.3 is 34.3 Å². The number of unbranched alkanes of at least 4 members (excludes halogenated alkanes) is 21. The largest absolute Gasteiger partial charge is 0.462 e. The van der Waals surface area contributed by atoms with E-state index in [1.165, 1.54) is 96.3 Å². The lowest BCUT2D eigenvalue weighted by Gasteiger charge is -2.40. The van der Waals surface area contributed by atoms with Crippen LogP contribution >= 0.6 is 0 Å². The topological polar surface area (TPSA) is 186 Å². The Morgan fingerprint density at radius 2 is 1.02 bits per heavy atom. The van der Waals surface area contributed by atoms with Gasteiger partial charge in [-0.25, -0.2) is 0 Å². The standard InChI is InChI=1S/C50H86O12S/c1-3-5-7-9-11-13-15-17-18-19-20-21-22-23-24-25-27-28-30-32-34-36-38-45(51)59-40-43(41-60-50-49(55)48(54)47(53)44(62-50)42-63(56,57)58)61-46(52)39-37-35-33-31-29-26-16-14-12-10-8-6-4-2/h6,8,10,12,14,16,22-23,26,29,43-44,47-50,53-55H,3-5,7,9,11,13,15,17-21,24-25,27-28,30-42H2,1-2H3,(H,56,57,58)/b8-6+,12-10+,16-14+,23-22+,29-26+/t43?,44-,47-,48?,49?,50+/m1/s1. The van der Waals surface area contributed by atoms with Gasteiger partial charge in [0, 0.05) is 12.8 Å². The van der Waals surface area contributed by atoms with Gasteiger partial charge in [-0.1, -0.05) is 177 Å². The summed E-state index contributed by atoms with van der Waals surface area (Å²) in [6.07, 6.45) is 39.9. The van der Waals surface area contributed by atoms with Crippen LogP contribution in [0.5, 0.6) is 0 Å². The summed E-state index contributed by atoms with van der Waals surface area (Å²) in [5.41, 5.74) is 0. The first kappa shape index (κ1) is 58.4. The van der Waals surface area contributed by atoms with E-state index in [-0.39, 0.29) is 19.4 Å². The maximum Gasteiger partial charge on any atom is 0.306 e. The molecule has 1 fully saturated rings. The lowest BCUT2D eigenvalue weighted by atomic mass is 10.00. The third kappa shape index (κ3) is 34.4. The van der Waals surface area contributed by atoms with Crippen LogP contribution < -0.4 is 0 Å². The molecule has 1 heterocycles. The SMILES string of the molecule is CC/C=C/C=C/C=C/C=C/CCCCCC(=O)OC(COC(=O)CCCCCCCCC/C=C/CCCCCCCCCCCCC)CO[C@H]1O[C@H](CS(=O)(=O)O)[C@@H](O)C(O)C1O. The van der Waals surface area contributed by atoms with Gasteiger partial charge in [0.1, 0.15) is 36.8 Å². The van der Waals surface area contributed by atoms with E-state index >= 15 is 0 Å². The molecule has 63 heavy (non-hydrogen) atoms. The molecule has 0 aliphatic carbocycles. The third-order valence-corrected chi connectivity index (χ3v) is 11.7. The number of ether oxygens (including phenoxy) is 4. The number of esters is 2. The average molecular weight is 911 g/mol. The molecule has 1 rings (SSSR count). The summed E-state index contributed by atoms with van der Waals surface area (Å²) < 4.78 is 54.1. The summed E-state index contributed by atoms with van der Waals surface area (Å²) in [6.45, 7) is 3.59. The van der Waals surface area contributed by atoms with E-state index in [9.17, 15) is 37.9 Å². The molecule has 12 nitrogen and oxygen atoms in total. The molecule has 1 aliphatic heterocycles. The second-order valence-electron chi connectivity index (χ2n) is 16.8. The van der Waals surface area contributed by atoms with Crippen molar-refractivity contribution < 1.29 is 56.8 Å². The van der Waals surface area contributed by atoms with E-state index in [1.807, 2.05) is 36.5 Å². The first-order valence-electron chi connectivity index (χ1n) is 24.4. The summed E-state index contributed by atoms with van der Waals surface area (Å²) in [6, 6.07) is 0. The number of hydrogen-bond acceptors (Lipinski definition) is 11. The summed E-state index contributed by atoms with van der Waals surface area (Å²) in [4.78, 5) is 25.4. The number of hydrogen-bond donors (Lipinski definition) is 4. The van der Waals surface area contributed by atoms with E-state index < -0.39 is 71.2 Å². The zero-order chi connectivity index (χ0) is 46.2. The van der Waals surface area contributed by atoms with Gasteiger partial charge in [-0.2, -0.15) is 8.42 Å². The van der Waals surface area contributed by atoms with Crippen molar-refractivity contribution in [2.24, 2.45) is 0 Å². The van der Waals surface area contributed by atoms with Crippen LogP contribution in [0.4, 0.5) is 0 Å². The molecule has 0 aromatic carbocycles. The van der Waals surface area contributed by atoms with Crippen molar-refractivity contribution in [3.05, 3.63) is 60.8 Å². The van der Waals surface area contributed by atoms with Crippen molar-refractivity contribution in [1.82, 2.24) is 0 Å². The Morgan fingerprint density at radius 3 is 1.56 bits per heavy atom. The molecular formula is C50H86O12S. The maximum absolute atomic E-state index is 12.8. The highest BCUT2D eigenvalue weighted by Crippen LogP contribution is 2.24. The van der Waals surface area contributed by atoms with Crippen molar-refractivity contribution in [3.8, 4) is 0 Å². The molecule has 1 saturated heterocycles. The van der Waals surface area contributed by atoms with Gasteiger partial charge in [0.25, 0.3) is 10.1 Å². The number of rotatable bonds is 40. The van der Waals surface area contributed by atoms with Crippen LogP contribution in [0.2, 0.25) is 0 Å². The number of carbonyl (C=O) groups is 2. The van der Waals surface area contributed by atoms with Gasteiger partial charge in [-0.05, 0) is 57.8 Å². The van der Waals surface area contributed by atoms with Crippen LogP contribution in [-0.2, 0) is 38.7 Å². The van der Waals surface area contributed by atoms with Gasteiger partial charge in [0.05, 0.1) is 6.61 Å². The first-order valence-corrected chi connectivity index (χ1v) is 26.0. The van der Waals surface area contributed by atoms with E-state index in [2.05, 4.69) is 38.2 Å². The number of aliphatic hydroxyl groups excluding tert-OH is 3. The van der Waals surface area contributed by atoms with E-state index in [0.29, 0.717) is 12.8 Å². The Labute approximate surface area is 381 Å². The predicted octanol–water partition coefficient (Wildman–Crippen LogP) is 10.5. The summed E-state index contributed by atoms with van der Waals surface area (Å²) >= 11 is 0. The predicted molar refractivity (Wildman–Crippen MR) is 252 cm³/mol. The second kappa shape index (κ2) is 39.7. The van der Waals surface area contributed by atoms with Crippen molar-refractivity contribution in [2.45, 2.75) is 224 Å². The van der Waals surface area contributed by atoms with Gasteiger partial charge in [0.15, 0.2) is 12.4 Å². The molecule has 0 aromatic rings. The molecule has 3 unspecified atom stereocenters. The van der Waals surface area contributed by atoms with E-state index in [4.69, 9.17) is 18.9 Å². The van der Waals surface area contributed by atoms with Gasteiger partial charge in [-0.3, -0.25) is 14.1 Å². The Balaban J connectivity index is 2.38. The highest BCUT2D eigenvalue weighted by atomic mass is 32.2. The Morgan fingerprint density at radius 1 is 0.556 bits per heavy atom. The highest BCUT2D eigenvalue weighted by molar-refractivity contribution is 7.85. The van der Waals surface area contributed by atoms with Gasteiger partial charge in [-0.15, -0.1) is 0 Å². The zero-order valence-corrected chi connectivity index (χ0v) is 39.7. The molecule has 4 N–H and O–H groups in total. The van der Waals surface area contributed by atoms with Gasteiger partial charge >= 0.3 is 11.9 Å². The summed E-state index contributed by atoms with van der Waals surface area (Å²) in [5, 5.41) is 30.9. The lowest BCUT2D eigenvalue weighted by Crippen LogP contribution is -2.60. The van der Waals surface area contributed by atoms with Crippen LogP contribution in [0.15, 0.2) is 60.8 Å². The maximum atomic E-state index is 12.8. The fraction of sp³-hybridized carbons (Fsp3) is 0.760. The van der Waals surface area contributed by atoms with Crippen molar-refractivity contribution in [1.29, 1.82) is 0 Å². The van der Waals surface area contributed by atoms with Crippen molar-refractivity contribution in [3.63, 3.8) is 0 Å². The van der Waals surface area contributed by atoms with Crippen molar-refractivity contribution in [2.75, 3.05) is 19.0 Å². The van der Waals surface area contributed by atoms with Crippen LogP contribution in [0.3, 0.4) is 0 Å². The Hall–Kier alpha value is -2.65. The van der Waals surface area contributed by atoms with Crippen LogP contribution in [0.1, 0.15) is 187 Å². The van der Waals surface area contributed by atoms with E-state index in [1.54, 1.807) is 0 Å². The highest BCUT2D eigenvalue weighted by Gasteiger charge is 2.46. The number of allylic oxidation sites excluding steroid dienone is 10. The van der Waals surface area contributed by atoms with Crippen molar-refractivity contribution >= 4 is 22.1 Å². The molecule has 0 bridgehead atoms. The summed E-state index contributed by atoms with van der Waals surface area (Å²) in [5.74, 6) is -2.04. The molecule has 0 saturated carbocycles. The summed E-state index contributed by atoms with van der Waals surface area (Å²) in [7, 11) is -4.61. The molecule has 1 aliphatic rings. The fourth-order valence-corrected chi connectivity index (χ4v) is 7.84. The fourth-order valence-electron chi connectivity index (χ4n) is 7.15. The Kier molecular flexibility index (Phi) is 36.8. The molecule has 0 radical (unpaired) electrons. The molecule has 0 aromatic heterocycles. The van der Waals surface area contributed by atoms with E-state index in [0.717, 1.165) is 51.4 Å². The minimum absolute atomic E-state index is 0.115. The first-order chi connectivity index (χ1) is 30.5. The van der Waals surface area contributed by atoms with Crippen LogP contribution in [-0.4, -0.2) is 96.0 Å². The number of aliphatic hydroxyl groups is 3. The quantitative estimate of drug-likeness (QED) is 0.0150.